The Balaban J connectivity index is 2.48. The van der Waals surface area contributed by atoms with Gasteiger partial charge in [0.25, 0.3) is 0 Å². The van der Waals surface area contributed by atoms with Gasteiger partial charge in [0.05, 0.1) is 23.6 Å². The van der Waals surface area contributed by atoms with Gasteiger partial charge in [-0.1, -0.05) is 0 Å². The minimum Gasteiger partial charge on any atom is -0.475 e. The van der Waals surface area contributed by atoms with Gasteiger partial charge >= 0.3 is 12.4 Å². The van der Waals surface area contributed by atoms with Crippen molar-refractivity contribution in [2.45, 2.75) is 45.1 Å². The average molecular weight is 379 g/mol. The average Bonchev–Trinajstić information content (AvgIpc) is 2.49. The molecule has 9 heteroatoms. The standard InChI is InChI=1S/C17H15F6NO2/c1-9(2)26-15-8-12(17(21,22)23)11-7-10(3-4-13(11)24-15)14(25)5-6-16(18,19)20/h3-4,7-9H,5-6H2,1-2H3. The molecule has 0 amide bonds. The van der Waals surface area contributed by atoms with E-state index in [1.807, 2.05) is 0 Å². The number of carbonyl (C=O) groups is 1. The molecule has 26 heavy (non-hydrogen) atoms. The first-order valence-electron chi connectivity index (χ1n) is 7.65. The van der Waals surface area contributed by atoms with Crippen molar-refractivity contribution in [3.05, 3.63) is 35.4 Å². The van der Waals surface area contributed by atoms with Crippen LogP contribution in [0, 0.1) is 0 Å². The van der Waals surface area contributed by atoms with Gasteiger partial charge in [0.2, 0.25) is 5.88 Å². The lowest BCUT2D eigenvalue weighted by Crippen LogP contribution is -2.12. The molecule has 0 unspecified atom stereocenters. The number of fused-ring (bicyclic) bond motifs is 1. The second-order valence-electron chi connectivity index (χ2n) is 5.94. The van der Waals surface area contributed by atoms with Crippen molar-refractivity contribution < 1.29 is 35.9 Å². The third-order valence-electron chi connectivity index (χ3n) is 3.40. The van der Waals surface area contributed by atoms with Crippen LogP contribution in [-0.4, -0.2) is 23.0 Å². The number of ketones is 1. The van der Waals surface area contributed by atoms with Crippen molar-refractivity contribution in [3.8, 4) is 5.88 Å². The Kier molecular flexibility index (Phi) is 5.48. The van der Waals surface area contributed by atoms with E-state index >= 15 is 0 Å². The molecule has 1 aromatic heterocycles. The van der Waals surface area contributed by atoms with Crippen molar-refractivity contribution in [1.29, 1.82) is 0 Å². The van der Waals surface area contributed by atoms with E-state index in [0.29, 0.717) is 6.07 Å². The second-order valence-corrected chi connectivity index (χ2v) is 5.94. The Morgan fingerprint density at radius 2 is 1.77 bits per heavy atom. The number of nitrogens with zero attached hydrogens (tertiary/aromatic N) is 1. The molecule has 1 heterocycles. The molecule has 0 saturated heterocycles. The lowest BCUT2D eigenvalue weighted by atomic mass is 10.0. The summed E-state index contributed by atoms with van der Waals surface area (Å²) in [6, 6.07) is 3.96. The number of benzene rings is 1. The number of ether oxygens (including phenoxy) is 1. The van der Waals surface area contributed by atoms with Gasteiger partial charge in [0.1, 0.15) is 0 Å². The summed E-state index contributed by atoms with van der Waals surface area (Å²) in [5.74, 6) is -1.11. The molecule has 0 bridgehead atoms. The number of alkyl halides is 6. The fourth-order valence-electron chi connectivity index (χ4n) is 2.31. The Labute approximate surface area is 145 Å². The van der Waals surface area contributed by atoms with Gasteiger partial charge in [-0.3, -0.25) is 4.79 Å². The molecule has 1 aromatic carbocycles. The zero-order valence-electron chi connectivity index (χ0n) is 13.8. The highest BCUT2D eigenvalue weighted by Gasteiger charge is 2.34. The molecule has 2 rings (SSSR count). The zero-order valence-corrected chi connectivity index (χ0v) is 13.8. The van der Waals surface area contributed by atoms with Crippen molar-refractivity contribution >= 4 is 16.7 Å². The van der Waals surface area contributed by atoms with Gasteiger partial charge in [0.15, 0.2) is 5.78 Å². The van der Waals surface area contributed by atoms with Gasteiger partial charge in [-0.15, -0.1) is 0 Å². The Morgan fingerprint density at radius 1 is 1.12 bits per heavy atom. The van der Waals surface area contributed by atoms with Crippen molar-refractivity contribution in [2.24, 2.45) is 0 Å². The maximum Gasteiger partial charge on any atom is 0.417 e. The van der Waals surface area contributed by atoms with E-state index in [0.717, 1.165) is 12.1 Å². The summed E-state index contributed by atoms with van der Waals surface area (Å²) in [7, 11) is 0. The third kappa shape index (κ3) is 5.09. The summed E-state index contributed by atoms with van der Waals surface area (Å²) in [4.78, 5) is 15.8. The number of hydrogen-bond donors (Lipinski definition) is 0. The van der Waals surface area contributed by atoms with Gasteiger partial charge in [0, 0.05) is 23.4 Å². The number of aromatic nitrogens is 1. The van der Waals surface area contributed by atoms with Crippen LogP contribution >= 0.6 is 0 Å². The molecule has 2 aromatic rings. The first kappa shape index (κ1) is 20.0. The number of carbonyl (C=O) groups excluding carboxylic acids is 1. The van der Waals surface area contributed by atoms with Gasteiger partial charge < -0.3 is 4.74 Å². The Hall–Kier alpha value is -2.32. The fourth-order valence-corrected chi connectivity index (χ4v) is 2.31. The van der Waals surface area contributed by atoms with E-state index in [1.54, 1.807) is 13.8 Å². The van der Waals surface area contributed by atoms with Crippen LogP contribution in [0.1, 0.15) is 42.6 Å². The van der Waals surface area contributed by atoms with Crippen molar-refractivity contribution in [2.75, 3.05) is 0 Å². The minimum absolute atomic E-state index is 0.0668. The van der Waals surface area contributed by atoms with E-state index in [9.17, 15) is 31.1 Å². The smallest absolute Gasteiger partial charge is 0.417 e. The molecule has 0 N–H and O–H groups in total. The predicted molar refractivity (Wildman–Crippen MR) is 82.1 cm³/mol. The zero-order chi connectivity index (χ0) is 19.7. The van der Waals surface area contributed by atoms with E-state index < -0.39 is 42.6 Å². The molecule has 0 atom stereocenters. The van der Waals surface area contributed by atoms with Crippen LogP contribution in [0.5, 0.6) is 5.88 Å². The predicted octanol–water partition coefficient (Wildman–Crippen LogP) is 5.57. The molecule has 0 aliphatic carbocycles. The molecule has 0 aliphatic rings. The van der Waals surface area contributed by atoms with E-state index in [2.05, 4.69) is 4.98 Å². The molecular formula is C17H15F6NO2. The van der Waals surface area contributed by atoms with Crippen molar-refractivity contribution in [3.63, 3.8) is 0 Å². The van der Waals surface area contributed by atoms with Crippen molar-refractivity contribution in [1.82, 2.24) is 4.98 Å². The van der Waals surface area contributed by atoms with Gasteiger partial charge in [-0.2, -0.15) is 26.3 Å². The van der Waals surface area contributed by atoms with Crippen LogP contribution < -0.4 is 4.74 Å². The molecule has 0 spiro atoms. The second kappa shape index (κ2) is 7.13. The molecular weight excluding hydrogens is 364 g/mol. The third-order valence-corrected chi connectivity index (χ3v) is 3.40. The van der Waals surface area contributed by atoms with E-state index in [4.69, 9.17) is 4.74 Å². The van der Waals surface area contributed by atoms with E-state index in [-0.39, 0.29) is 22.3 Å². The lowest BCUT2D eigenvalue weighted by Gasteiger charge is -2.15. The quantitative estimate of drug-likeness (QED) is 0.504. The Bertz CT molecular complexity index is 811. The molecule has 0 aliphatic heterocycles. The SMILES string of the molecule is CC(C)Oc1cc(C(F)(F)F)c2cc(C(=O)CCC(F)(F)F)ccc2n1. The summed E-state index contributed by atoms with van der Waals surface area (Å²) in [6.07, 6.45) is -11.8. The fraction of sp³-hybridized carbons (Fsp3) is 0.412. The molecule has 142 valence electrons. The summed E-state index contributed by atoms with van der Waals surface area (Å²) in [6.45, 7) is 3.25. The maximum absolute atomic E-state index is 13.4. The largest absolute Gasteiger partial charge is 0.475 e. The first-order valence-corrected chi connectivity index (χ1v) is 7.65. The summed E-state index contributed by atoms with van der Waals surface area (Å²) in [5, 5.41) is -0.369. The maximum atomic E-state index is 13.4. The molecule has 3 nitrogen and oxygen atoms in total. The highest BCUT2D eigenvalue weighted by molar-refractivity contribution is 6.00. The van der Waals surface area contributed by atoms with Crippen LogP contribution in [0.4, 0.5) is 26.3 Å². The molecule has 0 radical (unpaired) electrons. The van der Waals surface area contributed by atoms with Crippen LogP contribution in [0.3, 0.4) is 0 Å². The monoisotopic (exact) mass is 379 g/mol. The highest BCUT2D eigenvalue weighted by atomic mass is 19.4. The number of hydrogen-bond acceptors (Lipinski definition) is 3. The minimum atomic E-state index is -4.75. The van der Waals surface area contributed by atoms with Gasteiger partial charge in [-0.05, 0) is 32.0 Å². The number of rotatable bonds is 5. The van der Waals surface area contributed by atoms with Gasteiger partial charge in [-0.25, -0.2) is 4.98 Å². The van der Waals surface area contributed by atoms with Crippen LogP contribution in [0.15, 0.2) is 24.3 Å². The summed E-state index contributed by atoms with van der Waals surface area (Å²) in [5.41, 5.74) is -1.36. The normalized spacial score (nSPS) is 12.7. The summed E-state index contributed by atoms with van der Waals surface area (Å²) < 4.78 is 82.0. The number of halogens is 6. The number of pyridine rings is 1. The van der Waals surface area contributed by atoms with E-state index in [1.165, 1.54) is 6.07 Å². The highest BCUT2D eigenvalue weighted by Crippen LogP contribution is 2.37. The first-order chi connectivity index (χ1) is 11.9. The molecule has 0 saturated carbocycles. The van der Waals surface area contributed by atoms with Crippen LogP contribution in [-0.2, 0) is 6.18 Å². The molecule has 0 fully saturated rings. The number of Topliss-reactive ketones (excluding diaryl/α,β-unsaturated/α-hetero) is 1. The summed E-state index contributed by atoms with van der Waals surface area (Å²) >= 11 is 0. The Morgan fingerprint density at radius 3 is 2.31 bits per heavy atom. The van der Waals surface area contributed by atoms with Crippen LogP contribution in [0.2, 0.25) is 0 Å². The topological polar surface area (TPSA) is 39.2 Å². The van der Waals surface area contributed by atoms with Crippen LogP contribution in [0.25, 0.3) is 10.9 Å². The lowest BCUT2D eigenvalue weighted by molar-refractivity contribution is -0.136.